The van der Waals surface area contributed by atoms with Crippen LogP contribution in [0.3, 0.4) is 0 Å². The first-order chi connectivity index (χ1) is 17.1. The number of aromatic nitrogens is 1. The minimum Gasteiger partial charge on any atom is -0.361 e. The predicted octanol–water partition coefficient (Wildman–Crippen LogP) is 6.34. The highest BCUT2D eigenvalue weighted by Gasteiger charge is 2.21. The molecule has 0 saturated carbocycles. The van der Waals surface area contributed by atoms with E-state index in [4.69, 9.17) is 0 Å². The maximum Gasteiger partial charge on any atom is 0.242 e. The minimum absolute atomic E-state index is 0.0201. The Morgan fingerprint density at radius 1 is 0.771 bits per heavy atom. The van der Waals surface area contributed by atoms with Gasteiger partial charge >= 0.3 is 0 Å². The molecule has 3 rings (SSSR count). The molecule has 0 aliphatic carbocycles. The average Bonchev–Trinajstić information content (AvgIpc) is 3.30. The monoisotopic (exact) mass is 475 g/mol. The molecule has 0 atom stereocenters. The van der Waals surface area contributed by atoms with E-state index in [0.717, 1.165) is 56.0 Å². The van der Waals surface area contributed by atoms with Gasteiger partial charge in [-0.2, -0.15) is 0 Å². The summed E-state index contributed by atoms with van der Waals surface area (Å²) in [7, 11) is 0. The van der Waals surface area contributed by atoms with E-state index < -0.39 is 0 Å². The van der Waals surface area contributed by atoms with Gasteiger partial charge in [0.05, 0.1) is 6.54 Å². The van der Waals surface area contributed by atoms with E-state index in [9.17, 15) is 9.59 Å². The van der Waals surface area contributed by atoms with Gasteiger partial charge < -0.3 is 14.8 Å². The van der Waals surface area contributed by atoms with E-state index in [1.54, 1.807) is 4.90 Å². The normalized spacial score (nSPS) is 11.0. The fourth-order valence-corrected chi connectivity index (χ4v) is 4.45. The maximum absolute atomic E-state index is 13.5. The van der Waals surface area contributed by atoms with Crippen LogP contribution in [0.1, 0.15) is 69.9 Å². The van der Waals surface area contributed by atoms with E-state index >= 15 is 0 Å². The van der Waals surface area contributed by atoms with Crippen LogP contribution in [0.2, 0.25) is 0 Å². The van der Waals surface area contributed by atoms with Gasteiger partial charge in [0.15, 0.2) is 0 Å². The molecular weight excluding hydrogens is 434 g/mol. The molecule has 0 aliphatic rings. The second-order valence-corrected chi connectivity index (χ2v) is 9.39. The fourth-order valence-electron chi connectivity index (χ4n) is 4.45. The Hall–Kier alpha value is -3.08. The minimum atomic E-state index is 0.0201. The summed E-state index contributed by atoms with van der Waals surface area (Å²) in [6.07, 6.45) is 9.54. The maximum atomic E-state index is 13.5. The molecule has 0 bridgehead atoms. The molecule has 0 fully saturated rings. The summed E-state index contributed by atoms with van der Waals surface area (Å²) in [6, 6.07) is 18.4. The van der Waals surface area contributed by atoms with Crippen molar-refractivity contribution >= 4 is 22.7 Å². The summed E-state index contributed by atoms with van der Waals surface area (Å²) in [5, 5.41) is 1.20. The summed E-state index contributed by atoms with van der Waals surface area (Å²) in [6.45, 7) is 6.26. The Labute approximate surface area is 210 Å². The summed E-state index contributed by atoms with van der Waals surface area (Å²) < 4.78 is 0. The number of benzene rings is 2. The van der Waals surface area contributed by atoms with Crippen molar-refractivity contribution in [3.63, 3.8) is 0 Å². The number of nitrogens with one attached hydrogen (secondary N) is 1. The predicted molar refractivity (Wildman–Crippen MR) is 144 cm³/mol. The lowest BCUT2D eigenvalue weighted by Gasteiger charge is -2.28. The zero-order chi connectivity index (χ0) is 24.9. The van der Waals surface area contributed by atoms with Gasteiger partial charge in [0.25, 0.3) is 0 Å². The lowest BCUT2D eigenvalue weighted by Crippen LogP contribution is -2.43. The van der Waals surface area contributed by atoms with Crippen molar-refractivity contribution in [3.05, 3.63) is 71.9 Å². The van der Waals surface area contributed by atoms with Crippen LogP contribution in [0.25, 0.3) is 10.9 Å². The van der Waals surface area contributed by atoms with Gasteiger partial charge in [-0.25, -0.2) is 0 Å². The van der Waals surface area contributed by atoms with Crippen molar-refractivity contribution in [2.45, 2.75) is 71.8 Å². The van der Waals surface area contributed by atoms with E-state index in [1.165, 1.54) is 10.9 Å². The third-order valence-electron chi connectivity index (χ3n) is 6.60. The van der Waals surface area contributed by atoms with Crippen LogP contribution in [-0.2, 0) is 22.6 Å². The number of nitrogens with zero attached hydrogens (tertiary/aromatic N) is 2. The van der Waals surface area contributed by atoms with Crippen molar-refractivity contribution in [2.24, 2.45) is 0 Å². The number of carbonyl (C=O) groups excluding carboxylic acids is 2. The standard InChI is InChI=1S/C30H41N3O2/c1-3-5-7-11-18-29(34)32(20-6-4-2)24-30(35)33(23-25-14-9-8-10-15-25)21-19-26-22-31-28-17-13-12-16-27(26)28/h8-10,12-17,22,31H,3-7,11,18-21,23-24H2,1-2H3. The number of fused-ring (bicyclic) bond motifs is 1. The zero-order valence-electron chi connectivity index (χ0n) is 21.5. The third-order valence-corrected chi connectivity index (χ3v) is 6.60. The van der Waals surface area contributed by atoms with Crippen molar-refractivity contribution in [1.29, 1.82) is 0 Å². The van der Waals surface area contributed by atoms with Gasteiger partial charge in [-0.05, 0) is 36.5 Å². The third kappa shape index (κ3) is 8.27. The number of aromatic amines is 1. The van der Waals surface area contributed by atoms with Crippen LogP contribution in [0.4, 0.5) is 0 Å². The fraction of sp³-hybridized carbons (Fsp3) is 0.467. The van der Waals surface area contributed by atoms with Crippen LogP contribution in [0.5, 0.6) is 0 Å². The summed E-state index contributed by atoms with van der Waals surface area (Å²) in [4.78, 5) is 33.6. The van der Waals surface area contributed by atoms with Crippen molar-refractivity contribution < 1.29 is 9.59 Å². The number of hydrogen-bond donors (Lipinski definition) is 1. The van der Waals surface area contributed by atoms with Gasteiger partial charge in [0.1, 0.15) is 0 Å². The van der Waals surface area contributed by atoms with Crippen molar-refractivity contribution in [3.8, 4) is 0 Å². The molecule has 0 unspecified atom stereocenters. The van der Waals surface area contributed by atoms with Gasteiger partial charge in [-0.3, -0.25) is 9.59 Å². The molecule has 1 heterocycles. The summed E-state index contributed by atoms with van der Waals surface area (Å²) >= 11 is 0. The Bertz CT molecular complexity index is 1040. The van der Waals surface area contributed by atoms with E-state index in [2.05, 4.69) is 43.1 Å². The summed E-state index contributed by atoms with van der Waals surface area (Å²) in [5.41, 5.74) is 3.43. The highest BCUT2D eigenvalue weighted by molar-refractivity contribution is 5.85. The lowest BCUT2D eigenvalue weighted by atomic mass is 10.1. The Morgan fingerprint density at radius 2 is 1.51 bits per heavy atom. The number of hydrogen-bond acceptors (Lipinski definition) is 2. The SMILES string of the molecule is CCCCCCC(=O)N(CCCC)CC(=O)N(CCc1c[nH]c2ccccc12)Cc1ccccc1. The number of unbranched alkanes of at least 4 members (excludes halogenated alkanes) is 4. The molecule has 188 valence electrons. The molecule has 3 aromatic rings. The van der Waals surface area contributed by atoms with Crippen LogP contribution < -0.4 is 0 Å². The van der Waals surface area contributed by atoms with Gasteiger partial charge in [0, 0.05) is 43.2 Å². The van der Waals surface area contributed by atoms with E-state index in [-0.39, 0.29) is 18.4 Å². The molecule has 35 heavy (non-hydrogen) atoms. The van der Waals surface area contributed by atoms with E-state index in [0.29, 0.717) is 26.1 Å². The highest BCUT2D eigenvalue weighted by Crippen LogP contribution is 2.19. The first kappa shape index (κ1) is 26.5. The number of rotatable bonds is 15. The van der Waals surface area contributed by atoms with E-state index in [1.807, 2.05) is 41.4 Å². The molecule has 5 heteroatoms. The Kier molecular flexibility index (Phi) is 10.9. The zero-order valence-corrected chi connectivity index (χ0v) is 21.5. The number of carbonyl (C=O) groups is 2. The molecule has 0 radical (unpaired) electrons. The van der Waals surface area contributed by atoms with Crippen LogP contribution >= 0.6 is 0 Å². The molecular formula is C30H41N3O2. The molecule has 0 spiro atoms. The molecule has 5 nitrogen and oxygen atoms in total. The van der Waals surface area contributed by atoms with Gasteiger partial charge in [-0.15, -0.1) is 0 Å². The number of H-pyrrole nitrogens is 1. The van der Waals surface area contributed by atoms with Crippen LogP contribution in [0, 0.1) is 0 Å². The number of amides is 2. The molecule has 1 N–H and O–H groups in total. The van der Waals surface area contributed by atoms with Crippen LogP contribution in [-0.4, -0.2) is 46.2 Å². The first-order valence-corrected chi connectivity index (χ1v) is 13.3. The second-order valence-electron chi connectivity index (χ2n) is 9.39. The molecule has 1 aromatic heterocycles. The van der Waals surface area contributed by atoms with Crippen LogP contribution in [0.15, 0.2) is 60.8 Å². The summed E-state index contributed by atoms with van der Waals surface area (Å²) in [5.74, 6) is 0.130. The molecule has 2 aromatic carbocycles. The topological polar surface area (TPSA) is 56.4 Å². The Balaban J connectivity index is 1.70. The van der Waals surface area contributed by atoms with Crippen molar-refractivity contribution in [1.82, 2.24) is 14.8 Å². The smallest absolute Gasteiger partial charge is 0.242 e. The quantitative estimate of drug-likeness (QED) is 0.261. The van der Waals surface area contributed by atoms with Gasteiger partial charge in [0.2, 0.25) is 11.8 Å². The largest absolute Gasteiger partial charge is 0.361 e. The molecule has 0 saturated heterocycles. The Morgan fingerprint density at radius 3 is 2.29 bits per heavy atom. The average molecular weight is 476 g/mol. The molecule has 0 aliphatic heterocycles. The lowest BCUT2D eigenvalue weighted by molar-refractivity contribution is -0.141. The second kappa shape index (κ2) is 14.3. The highest BCUT2D eigenvalue weighted by atomic mass is 16.2. The van der Waals surface area contributed by atoms with Crippen molar-refractivity contribution in [2.75, 3.05) is 19.6 Å². The molecule has 2 amide bonds. The van der Waals surface area contributed by atoms with Gasteiger partial charge in [-0.1, -0.05) is 88.1 Å². The first-order valence-electron chi connectivity index (χ1n) is 13.3. The number of para-hydroxylation sites is 1.